The molecule has 26 heavy (non-hydrogen) atoms. The zero-order valence-electron chi connectivity index (χ0n) is 15.6. The van der Waals surface area contributed by atoms with Gasteiger partial charge in [0, 0.05) is 6.92 Å². The topological polar surface area (TPSA) is 140 Å². The van der Waals surface area contributed by atoms with Crippen molar-refractivity contribution in [2.45, 2.75) is 77.7 Å². The minimum Gasteiger partial charge on any atom is -0.456 e. The van der Waals surface area contributed by atoms with E-state index < -0.39 is 66.4 Å². The van der Waals surface area contributed by atoms with E-state index >= 15 is 0 Å². The predicted octanol–water partition coefficient (Wildman–Crippen LogP) is -0.460. The minimum atomic E-state index is -1.76. The summed E-state index contributed by atoms with van der Waals surface area (Å²) in [6, 6.07) is 0. The quantitative estimate of drug-likeness (QED) is 0.415. The van der Waals surface area contributed by atoms with Crippen LogP contribution in [0.25, 0.3) is 0 Å². The van der Waals surface area contributed by atoms with Gasteiger partial charge in [-0.3, -0.25) is 14.4 Å². The van der Waals surface area contributed by atoms with Gasteiger partial charge in [0.25, 0.3) is 0 Å². The number of esters is 3. The van der Waals surface area contributed by atoms with Crippen LogP contribution >= 0.6 is 0 Å². The molecule has 0 aromatic carbocycles. The van der Waals surface area contributed by atoms with Crippen molar-refractivity contribution in [2.24, 2.45) is 11.8 Å². The molecule has 1 aliphatic carbocycles. The van der Waals surface area contributed by atoms with E-state index in [9.17, 15) is 29.7 Å². The summed E-state index contributed by atoms with van der Waals surface area (Å²) in [5.41, 5.74) is 0. The van der Waals surface area contributed by atoms with E-state index in [2.05, 4.69) is 0 Å². The van der Waals surface area contributed by atoms with Crippen LogP contribution in [0.5, 0.6) is 0 Å². The summed E-state index contributed by atoms with van der Waals surface area (Å²) >= 11 is 0. The minimum absolute atomic E-state index is 0.466. The molecule has 0 heterocycles. The van der Waals surface area contributed by atoms with Gasteiger partial charge in [-0.1, -0.05) is 27.7 Å². The lowest BCUT2D eigenvalue weighted by Crippen LogP contribution is -2.66. The van der Waals surface area contributed by atoms with E-state index in [4.69, 9.17) is 14.2 Å². The van der Waals surface area contributed by atoms with E-state index in [1.165, 1.54) is 0 Å². The molecule has 0 aromatic rings. The van der Waals surface area contributed by atoms with E-state index in [1.807, 2.05) is 0 Å². The summed E-state index contributed by atoms with van der Waals surface area (Å²) in [7, 11) is 0. The summed E-state index contributed by atoms with van der Waals surface area (Å²) < 4.78 is 15.5. The van der Waals surface area contributed by atoms with Gasteiger partial charge >= 0.3 is 17.9 Å². The number of ether oxygens (including phenoxy) is 3. The number of rotatable bonds is 6. The molecular weight excluding hydrogens is 348 g/mol. The molecule has 0 spiro atoms. The van der Waals surface area contributed by atoms with Crippen LogP contribution in [-0.4, -0.2) is 69.9 Å². The number of hydrogen-bond acceptors (Lipinski definition) is 9. The third kappa shape index (κ3) is 5.15. The first-order chi connectivity index (χ1) is 12.0. The molecule has 0 aromatic heterocycles. The van der Waals surface area contributed by atoms with Gasteiger partial charge < -0.3 is 29.5 Å². The lowest BCUT2D eigenvalue weighted by molar-refractivity contribution is -0.249. The number of aliphatic hydroxyl groups is 3. The molecule has 7 unspecified atom stereocenters. The summed E-state index contributed by atoms with van der Waals surface area (Å²) in [5.74, 6) is -3.23. The monoisotopic (exact) mass is 376 g/mol. The maximum Gasteiger partial charge on any atom is 0.309 e. The van der Waals surface area contributed by atoms with Crippen molar-refractivity contribution in [2.75, 3.05) is 0 Å². The maximum atomic E-state index is 12.2. The molecule has 3 N–H and O–H groups in total. The van der Waals surface area contributed by atoms with Crippen LogP contribution in [0.4, 0.5) is 0 Å². The molecule has 1 rings (SSSR count). The fourth-order valence-corrected chi connectivity index (χ4v) is 2.45. The van der Waals surface area contributed by atoms with Crippen LogP contribution in [0.3, 0.4) is 0 Å². The van der Waals surface area contributed by atoms with Gasteiger partial charge in [-0.25, -0.2) is 0 Å². The molecule has 0 amide bonds. The summed E-state index contributed by atoms with van der Waals surface area (Å²) in [6.07, 6.45) is -9.20. The molecule has 1 aliphatic rings. The van der Waals surface area contributed by atoms with Crippen LogP contribution in [0.1, 0.15) is 41.0 Å². The van der Waals surface area contributed by atoms with Crippen molar-refractivity contribution in [1.82, 2.24) is 0 Å². The van der Waals surface area contributed by atoms with Crippen molar-refractivity contribution < 1.29 is 43.9 Å². The standard InChI is InChI=1S/C17H28O9/c1-6-8(4)17(23)26-15-13(24-9(5)18)11(20)10(19)12(21)14(15)25-16(22)7(2)3/h7-8,10-15,19-21H,6H2,1-5H3. The number of hydrogen-bond donors (Lipinski definition) is 3. The fraction of sp³-hybridized carbons (Fsp3) is 0.824. The Morgan fingerprint density at radius 3 is 1.69 bits per heavy atom. The summed E-state index contributed by atoms with van der Waals surface area (Å²) in [6.45, 7) is 7.58. The zero-order chi connectivity index (χ0) is 20.2. The molecule has 150 valence electrons. The molecule has 9 nitrogen and oxygen atoms in total. The Bertz CT molecular complexity index is 518. The largest absolute Gasteiger partial charge is 0.456 e. The van der Waals surface area contributed by atoms with E-state index in [0.29, 0.717) is 6.42 Å². The highest BCUT2D eigenvalue weighted by atomic mass is 16.6. The fourth-order valence-electron chi connectivity index (χ4n) is 2.45. The highest BCUT2D eigenvalue weighted by molar-refractivity contribution is 5.73. The first kappa shape index (κ1) is 22.3. The van der Waals surface area contributed by atoms with E-state index in [-0.39, 0.29) is 0 Å². The molecule has 0 aliphatic heterocycles. The van der Waals surface area contributed by atoms with Gasteiger partial charge in [0.1, 0.15) is 18.3 Å². The van der Waals surface area contributed by atoms with Crippen LogP contribution in [-0.2, 0) is 28.6 Å². The van der Waals surface area contributed by atoms with E-state index in [1.54, 1.807) is 27.7 Å². The van der Waals surface area contributed by atoms with Crippen LogP contribution in [0.15, 0.2) is 0 Å². The van der Waals surface area contributed by atoms with Gasteiger partial charge in [0.15, 0.2) is 18.3 Å². The van der Waals surface area contributed by atoms with Gasteiger partial charge in [-0.2, -0.15) is 0 Å². The Kier molecular flexibility index (Phi) is 7.98. The SMILES string of the molecule is CCC(C)C(=O)OC1C(OC(C)=O)C(O)C(O)C(O)C1OC(=O)C(C)C. The Morgan fingerprint density at radius 2 is 1.27 bits per heavy atom. The molecule has 1 fully saturated rings. The van der Waals surface area contributed by atoms with Gasteiger partial charge in [-0.05, 0) is 6.42 Å². The molecule has 0 radical (unpaired) electrons. The number of aliphatic hydroxyl groups excluding tert-OH is 3. The number of carbonyl (C=O) groups excluding carboxylic acids is 3. The van der Waals surface area contributed by atoms with Crippen molar-refractivity contribution in [1.29, 1.82) is 0 Å². The summed E-state index contributed by atoms with van der Waals surface area (Å²) in [5, 5.41) is 30.5. The normalized spacial score (nSPS) is 32.7. The van der Waals surface area contributed by atoms with Crippen molar-refractivity contribution in [3.8, 4) is 0 Å². The lowest BCUT2D eigenvalue weighted by Gasteiger charge is -2.44. The first-order valence-electron chi connectivity index (χ1n) is 8.63. The second-order valence-corrected chi connectivity index (χ2v) is 6.81. The molecule has 0 saturated heterocycles. The second-order valence-electron chi connectivity index (χ2n) is 6.81. The van der Waals surface area contributed by atoms with Gasteiger partial charge in [0.2, 0.25) is 0 Å². The van der Waals surface area contributed by atoms with Crippen molar-refractivity contribution >= 4 is 17.9 Å². The first-order valence-corrected chi connectivity index (χ1v) is 8.63. The molecule has 0 bridgehead atoms. The van der Waals surface area contributed by atoms with Crippen LogP contribution in [0.2, 0.25) is 0 Å². The Morgan fingerprint density at radius 1 is 0.808 bits per heavy atom. The molecule has 1 saturated carbocycles. The molecule has 9 heteroatoms. The summed E-state index contributed by atoms with van der Waals surface area (Å²) in [4.78, 5) is 35.6. The van der Waals surface area contributed by atoms with Gasteiger partial charge in [-0.15, -0.1) is 0 Å². The van der Waals surface area contributed by atoms with Crippen molar-refractivity contribution in [3.63, 3.8) is 0 Å². The van der Waals surface area contributed by atoms with Gasteiger partial charge in [0.05, 0.1) is 11.8 Å². The average Bonchev–Trinajstić information content (AvgIpc) is 2.58. The molecular formula is C17H28O9. The molecule has 7 atom stereocenters. The number of carbonyl (C=O) groups is 3. The maximum absolute atomic E-state index is 12.2. The smallest absolute Gasteiger partial charge is 0.309 e. The van der Waals surface area contributed by atoms with Crippen LogP contribution < -0.4 is 0 Å². The third-order valence-electron chi connectivity index (χ3n) is 4.31. The van der Waals surface area contributed by atoms with Crippen molar-refractivity contribution in [3.05, 3.63) is 0 Å². The van der Waals surface area contributed by atoms with E-state index in [0.717, 1.165) is 6.92 Å². The highest BCUT2D eigenvalue weighted by Gasteiger charge is 2.55. The predicted molar refractivity (Wildman–Crippen MR) is 87.6 cm³/mol. The Labute approximate surface area is 152 Å². The average molecular weight is 376 g/mol. The lowest BCUT2D eigenvalue weighted by atomic mass is 9.84. The Hall–Kier alpha value is -1.71. The third-order valence-corrected chi connectivity index (χ3v) is 4.31. The zero-order valence-corrected chi connectivity index (χ0v) is 15.6. The van der Waals surface area contributed by atoms with Crippen LogP contribution in [0, 0.1) is 11.8 Å². The second kappa shape index (κ2) is 9.29. The Balaban J connectivity index is 3.21. The highest BCUT2D eigenvalue weighted by Crippen LogP contribution is 2.30.